The SMILES string of the molecule is COc1ccc(/C=C/c2nc(Cl)c3cc4c(cc3n2)OCO4)c(OC)c1. The van der Waals surface area contributed by atoms with Gasteiger partial charge in [0.2, 0.25) is 6.79 Å². The maximum Gasteiger partial charge on any atom is 0.231 e. The second-order valence-corrected chi connectivity index (χ2v) is 5.89. The summed E-state index contributed by atoms with van der Waals surface area (Å²) in [6.45, 7) is 0.195. The van der Waals surface area contributed by atoms with Gasteiger partial charge in [-0.25, -0.2) is 9.97 Å². The molecule has 3 aromatic rings. The Morgan fingerprint density at radius 2 is 1.81 bits per heavy atom. The number of hydrogen-bond acceptors (Lipinski definition) is 6. The minimum absolute atomic E-state index is 0.195. The summed E-state index contributed by atoms with van der Waals surface area (Å²) in [5, 5.41) is 1.07. The van der Waals surface area contributed by atoms with Crippen LogP contribution < -0.4 is 18.9 Å². The van der Waals surface area contributed by atoms with Crippen molar-refractivity contribution < 1.29 is 18.9 Å². The highest BCUT2D eigenvalue weighted by molar-refractivity contribution is 6.34. The fourth-order valence-corrected chi connectivity index (χ4v) is 2.93. The van der Waals surface area contributed by atoms with E-state index in [2.05, 4.69) is 9.97 Å². The Bertz CT molecular complexity index is 1020. The van der Waals surface area contributed by atoms with Gasteiger partial charge >= 0.3 is 0 Å². The van der Waals surface area contributed by atoms with Gasteiger partial charge < -0.3 is 18.9 Å². The number of benzene rings is 2. The summed E-state index contributed by atoms with van der Waals surface area (Å²) < 4.78 is 21.4. The summed E-state index contributed by atoms with van der Waals surface area (Å²) in [6, 6.07) is 9.16. The van der Waals surface area contributed by atoms with Crippen LogP contribution in [0.3, 0.4) is 0 Å². The first-order valence-electron chi connectivity index (χ1n) is 7.85. The van der Waals surface area contributed by atoms with Gasteiger partial charge in [0.1, 0.15) is 16.7 Å². The molecule has 0 radical (unpaired) electrons. The van der Waals surface area contributed by atoms with Crippen LogP contribution in [0.2, 0.25) is 5.15 Å². The molecule has 4 rings (SSSR count). The molecule has 0 atom stereocenters. The highest BCUT2D eigenvalue weighted by atomic mass is 35.5. The quantitative estimate of drug-likeness (QED) is 0.641. The molecule has 0 amide bonds. The Hall–Kier alpha value is -2.99. The maximum atomic E-state index is 6.32. The summed E-state index contributed by atoms with van der Waals surface area (Å²) in [4.78, 5) is 8.87. The Kier molecular flexibility index (Phi) is 4.26. The van der Waals surface area contributed by atoms with Crippen LogP contribution >= 0.6 is 11.6 Å². The van der Waals surface area contributed by atoms with E-state index in [1.54, 1.807) is 32.4 Å². The molecular weight excluding hydrogens is 356 g/mol. The molecule has 2 heterocycles. The Morgan fingerprint density at radius 1 is 1.00 bits per heavy atom. The third-order valence-electron chi connectivity index (χ3n) is 4.01. The highest BCUT2D eigenvalue weighted by Crippen LogP contribution is 2.37. The second-order valence-electron chi connectivity index (χ2n) is 5.54. The number of hydrogen-bond donors (Lipinski definition) is 0. The van der Waals surface area contributed by atoms with Crippen molar-refractivity contribution in [1.29, 1.82) is 0 Å². The molecule has 0 saturated heterocycles. The molecular formula is C19H15ClN2O4. The molecule has 1 aromatic heterocycles. The lowest BCUT2D eigenvalue weighted by Crippen LogP contribution is -1.92. The molecule has 0 N–H and O–H groups in total. The average Bonchev–Trinajstić information content (AvgIpc) is 3.12. The summed E-state index contributed by atoms with van der Waals surface area (Å²) >= 11 is 6.32. The van der Waals surface area contributed by atoms with E-state index >= 15 is 0 Å². The van der Waals surface area contributed by atoms with Crippen molar-refractivity contribution in [2.75, 3.05) is 21.0 Å². The van der Waals surface area contributed by atoms with E-state index in [0.29, 0.717) is 33.7 Å². The van der Waals surface area contributed by atoms with Crippen LogP contribution in [-0.4, -0.2) is 31.0 Å². The summed E-state index contributed by atoms with van der Waals surface area (Å²) in [7, 11) is 3.22. The molecule has 0 fully saturated rings. The zero-order valence-electron chi connectivity index (χ0n) is 14.2. The molecule has 132 valence electrons. The van der Waals surface area contributed by atoms with E-state index in [-0.39, 0.29) is 6.79 Å². The standard InChI is InChI=1S/C19H15ClN2O4/c1-23-12-5-3-11(15(7-12)24-2)4-6-18-21-14-9-17-16(25-10-26-17)8-13(14)19(20)22-18/h3-9H,10H2,1-2H3/b6-4+. The molecule has 0 unspecified atom stereocenters. The Morgan fingerprint density at radius 3 is 2.58 bits per heavy atom. The van der Waals surface area contributed by atoms with Gasteiger partial charge in [0.05, 0.1) is 19.7 Å². The second kappa shape index (κ2) is 6.72. The lowest BCUT2D eigenvalue weighted by molar-refractivity contribution is 0.174. The minimum Gasteiger partial charge on any atom is -0.497 e. The van der Waals surface area contributed by atoms with Crippen LogP contribution in [0.4, 0.5) is 0 Å². The topological polar surface area (TPSA) is 62.7 Å². The Balaban J connectivity index is 1.71. The van der Waals surface area contributed by atoms with Crippen LogP contribution in [0.1, 0.15) is 11.4 Å². The van der Waals surface area contributed by atoms with Crippen LogP contribution in [0.5, 0.6) is 23.0 Å². The third kappa shape index (κ3) is 2.99. The number of halogens is 1. The van der Waals surface area contributed by atoms with Gasteiger partial charge in [-0.05, 0) is 30.4 Å². The van der Waals surface area contributed by atoms with Gasteiger partial charge in [0, 0.05) is 23.1 Å². The number of ether oxygens (including phenoxy) is 4. The summed E-state index contributed by atoms with van der Waals surface area (Å²) in [5.74, 6) is 3.20. The van der Waals surface area contributed by atoms with Gasteiger partial charge in [-0.2, -0.15) is 0 Å². The fraction of sp³-hybridized carbons (Fsp3) is 0.158. The van der Waals surface area contributed by atoms with Crippen molar-refractivity contribution in [3.05, 3.63) is 46.9 Å². The average molecular weight is 371 g/mol. The Labute approximate surface area is 154 Å². The molecule has 1 aliphatic heterocycles. The first-order valence-corrected chi connectivity index (χ1v) is 8.23. The van der Waals surface area contributed by atoms with Crippen LogP contribution in [0.15, 0.2) is 30.3 Å². The predicted octanol–water partition coefficient (Wildman–Crippen LogP) is 4.20. The van der Waals surface area contributed by atoms with E-state index in [1.165, 1.54) is 0 Å². The molecule has 0 saturated carbocycles. The first-order chi connectivity index (χ1) is 12.7. The van der Waals surface area contributed by atoms with E-state index in [0.717, 1.165) is 16.7 Å². The first kappa shape index (κ1) is 16.5. The number of rotatable bonds is 4. The molecule has 26 heavy (non-hydrogen) atoms. The number of aromatic nitrogens is 2. The van der Waals surface area contributed by atoms with E-state index < -0.39 is 0 Å². The minimum atomic E-state index is 0.195. The maximum absolute atomic E-state index is 6.32. The van der Waals surface area contributed by atoms with Crippen LogP contribution in [-0.2, 0) is 0 Å². The summed E-state index contributed by atoms with van der Waals surface area (Å²) in [5.41, 5.74) is 1.56. The molecule has 0 spiro atoms. The van der Waals surface area contributed by atoms with Crippen molar-refractivity contribution in [2.24, 2.45) is 0 Å². The molecule has 2 aromatic carbocycles. The predicted molar refractivity (Wildman–Crippen MR) is 99.1 cm³/mol. The molecule has 0 bridgehead atoms. The molecule has 0 aliphatic carbocycles. The van der Waals surface area contributed by atoms with E-state index in [4.69, 9.17) is 30.5 Å². The van der Waals surface area contributed by atoms with Crippen LogP contribution in [0.25, 0.3) is 23.1 Å². The van der Waals surface area contributed by atoms with Gasteiger partial charge in [0.25, 0.3) is 0 Å². The van der Waals surface area contributed by atoms with Gasteiger partial charge in [-0.3, -0.25) is 0 Å². The van der Waals surface area contributed by atoms with Crippen LogP contribution in [0, 0.1) is 0 Å². The van der Waals surface area contributed by atoms with Gasteiger partial charge in [-0.15, -0.1) is 0 Å². The lowest BCUT2D eigenvalue weighted by Gasteiger charge is -2.07. The van der Waals surface area contributed by atoms with Gasteiger partial charge in [-0.1, -0.05) is 11.6 Å². The molecule has 7 heteroatoms. The zero-order chi connectivity index (χ0) is 18.1. The molecule has 1 aliphatic rings. The fourth-order valence-electron chi connectivity index (χ4n) is 2.69. The largest absolute Gasteiger partial charge is 0.497 e. The monoisotopic (exact) mass is 370 g/mol. The number of fused-ring (bicyclic) bond motifs is 2. The zero-order valence-corrected chi connectivity index (χ0v) is 14.9. The van der Waals surface area contributed by atoms with Crippen molar-refractivity contribution in [3.63, 3.8) is 0 Å². The van der Waals surface area contributed by atoms with Crippen molar-refractivity contribution >= 4 is 34.7 Å². The van der Waals surface area contributed by atoms with Gasteiger partial charge in [0.15, 0.2) is 17.3 Å². The lowest BCUT2D eigenvalue weighted by atomic mass is 10.1. The normalized spacial score (nSPS) is 12.7. The molecule has 6 nitrogen and oxygen atoms in total. The van der Waals surface area contributed by atoms with E-state index in [1.807, 2.05) is 24.3 Å². The summed E-state index contributed by atoms with van der Waals surface area (Å²) in [6.07, 6.45) is 3.64. The third-order valence-corrected chi connectivity index (χ3v) is 4.30. The van der Waals surface area contributed by atoms with E-state index in [9.17, 15) is 0 Å². The van der Waals surface area contributed by atoms with Crippen molar-refractivity contribution in [3.8, 4) is 23.0 Å². The highest BCUT2D eigenvalue weighted by Gasteiger charge is 2.17. The number of methoxy groups -OCH3 is 2. The number of nitrogens with zero attached hydrogens (tertiary/aromatic N) is 2. The van der Waals surface area contributed by atoms with Crippen molar-refractivity contribution in [2.45, 2.75) is 0 Å². The smallest absolute Gasteiger partial charge is 0.231 e. The van der Waals surface area contributed by atoms with Crippen molar-refractivity contribution in [1.82, 2.24) is 9.97 Å².